The van der Waals surface area contributed by atoms with Crippen molar-refractivity contribution >= 4 is 23.9 Å². The molecular weight excluding hydrogens is 781 g/mol. The van der Waals surface area contributed by atoms with Crippen LogP contribution in [0.15, 0.2) is 12.2 Å². The molecule has 0 aliphatic carbocycles. The quantitative estimate of drug-likeness (QED) is 0.0230. The van der Waals surface area contributed by atoms with E-state index >= 15 is 0 Å². The first-order valence-electron chi connectivity index (χ1n) is 24.7. The van der Waals surface area contributed by atoms with Crippen molar-refractivity contribution in [3.05, 3.63) is 12.2 Å². The molecule has 6 atom stereocenters. The molecule has 1 rings (SSSR count). The van der Waals surface area contributed by atoms with Gasteiger partial charge in [0.15, 0.2) is 24.6 Å². The Morgan fingerprint density at radius 3 is 1.44 bits per heavy atom. The van der Waals surface area contributed by atoms with Crippen LogP contribution in [0.1, 0.15) is 226 Å². The van der Waals surface area contributed by atoms with Crippen molar-refractivity contribution in [3.63, 3.8) is 0 Å². The largest absolute Gasteiger partial charge is 0.479 e. The van der Waals surface area contributed by atoms with E-state index < -0.39 is 67.3 Å². The Morgan fingerprint density at radius 2 is 0.951 bits per heavy atom. The smallest absolute Gasteiger partial charge is 0.335 e. The van der Waals surface area contributed by atoms with E-state index in [4.69, 9.17) is 23.7 Å². The molecule has 6 unspecified atom stereocenters. The maximum atomic E-state index is 13.0. The number of aliphatic hydroxyl groups is 2. The summed E-state index contributed by atoms with van der Waals surface area (Å²) in [5.41, 5.74) is 0. The molecule has 0 amide bonds. The normalized spacial score (nSPS) is 19.5. The zero-order chi connectivity index (χ0) is 44.8. The zero-order valence-corrected chi connectivity index (χ0v) is 38.7. The number of aliphatic hydroxyl groups excluding tert-OH is 2. The van der Waals surface area contributed by atoms with E-state index in [1.165, 1.54) is 89.9 Å². The highest BCUT2D eigenvalue weighted by atomic mass is 16.7. The third-order valence-electron chi connectivity index (χ3n) is 11.3. The standard InChI is InChI=1S/C49H88O12/c1-4-7-10-13-16-19-21-24-26-29-32-35-41(50)57-38-40(59-42(51)36-33-30-27-23-18-15-12-9-6-3)39-58-49-47(45(54)44(53)46(61-49)48(55)56)60-43(52)37-34-31-28-25-22-20-17-14-11-8-5-2/h14,17,40,44-47,49,53-54H,4-13,15-16,18-39H2,1-3H3,(H,55,56)/b17-14-. The lowest BCUT2D eigenvalue weighted by atomic mass is 9.98. The van der Waals surface area contributed by atoms with E-state index in [9.17, 15) is 34.5 Å². The number of unbranched alkanes of at least 4 members (excludes halogenated alkanes) is 25. The van der Waals surface area contributed by atoms with Crippen LogP contribution in [0, 0.1) is 0 Å². The number of carbonyl (C=O) groups is 4. The van der Waals surface area contributed by atoms with E-state index in [1.807, 2.05) is 0 Å². The zero-order valence-electron chi connectivity index (χ0n) is 38.7. The molecule has 1 heterocycles. The summed E-state index contributed by atoms with van der Waals surface area (Å²) in [6, 6.07) is 0. The lowest BCUT2D eigenvalue weighted by Crippen LogP contribution is -2.61. The van der Waals surface area contributed by atoms with Gasteiger partial charge >= 0.3 is 23.9 Å². The number of carbonyl (C=O) groups excluding carboxylic acids is 3. The Bertz CT molecular complexity index is 1130. The van der Waals surface area contributed by atoms with E-state index in [0.29, 0.717) is 19.3 Å². The molecule has 61 heavy (non-hydrogen) atoms. The van der Waals surface area contributed by atoms with Crippen LogP contribution >= 0.6 is 0 Å². The molecule has 356 valence electrons. The highest BCUT2D eigenvalue weighted by Crippen LogP contribution is 2.26. The number of hydrogen-bond donors (Lipinski definition) is 3. The first-order valence-corrected chi connectivity index (χ1v) is 24.7. The number of hydrogen-bond acceptors (Lipinski definition) is 11. The molecule has 0 aromatic heterocycles. The van der Waals surface area contributed by atoms with E-state index in [1.54, 1.807) is 0 Å². The summed E-state index contributed by atoms with van der Waals surface area (Å²) in [5, 5.41) is 31.2. The van der Waals surface area contributed by atoms with Crippen LogP contribution in [-0.4, -0.2) is 89.2 Å². The fraction of sp³-hybridized carbons (Fsp3) is 0.878. The van der Waals surface area contributed by atoms with Crippen LogP contribution in [-0.2, 0) is 42.9 Å². The summed E-state index contributed by atoms with van der Waals surface area (Å²) in [7, 11) is 0. The molecule has 0 aromatic rings. The fourth-order valence-corrected chi connectivity index (χ4v) is 7.47. The minimum absolute atomic E-state index is 0.0550. The average Bonchev–Trinajstić information content (AvgIpc) is 3.24. The van der Waals surface area contributed by atoms with Crippen LogP contribution in [0.4, 0.5) is 0 Å². The first kappa shape index (κ1) is 56.5. The number of rotatable bonds is 41. The van der Waals surface area contributed by atoms with Gasteiger partial charge in [0.25, 0.3) is 0 Å². The van der Waals surface area contributed by atoms with Gasteiger partial charge in [-0.15, -0.1) is 0 Å². The average molecular weight is 869 g/mol. The minimum Gasteiger partial charge on any atom is -0.479 e. The van der Waals surface area contributed by atoms with Gasteiger partial charge in [0.1, 0.15) is 18.8 Å². The summed E-state index contributed by atoms with van der Waals surface area (Å²) < 4.78 is 28.2. The summed E-state index contributed by atoms with van der Waals surface area (Å²) in [4.78, 5) is 50.5. The van der Waals surface area contributed by atoms with Crippen LogP contribution in [0.3, 0.4) is 0 Å². The second-order valence-electron chi connectivity index (χ2n) is 17.1. The fourth-order valence-electron chi connectivity index (χ4n) is 7.47. The van der Waals surface area contributed by atoms with E-state index in [2.05, 4.69) is 32.9 Å². The molecule has 0 radical (unpaired) electrons. The molecule has 0 aromatic carbocycles. The Kier molecular flexibility index (Phi) is 36.2. The summed E-state index contributed by atoms with van der Waals surface area (Å²) in [6.45, 7) is 5.88. The predicted molar refractivity (Wildman–Crippen MR) is 239 cm³/mol. The molecule has 1 aliphatic rings. The van der Waals surface area contributed by atoms with Gasteiger partial charge in [-0.1, -0.05) is 181 Å². The number of carboxylic acids is 1. The lowest BCUT2D eigenvalue weighted by Gasteiger charge is -2.40. The highest BCUT2D eigenvalue weighted by Gasteiger charge is 2.50. The Hall–Kier alpha value is -2.54. The molecule has 1 fully saturated rings. The van der Waals surface area contributed by atoms with Gasteiger partial charge < -0.3 is 39.0 Å². The molecule has 12 nitrogen and oxygen atoms in total. The molecule has 1 aliphatic heterocycles. The first-order chi connectivity index (χ1) is 29.6. The maximum Gasteiger partial charge on any atom is 0.335 e. The third kappa shape index (κ3) is 30.2. The Morgan fingerprint density at radius 1 is 0.525 bits per heavy atom. The minimum atomic E-state index is -1.90. The van der Waals surface area contributed by atoms with Crippen molar-refractivity contribution in [2.24, 2.45) is 0 Å². The van der Waals surface area contributed by atoms with Gasteiger partial charge in [-0.3, -0.25) is 14.4 Å². The van der Waals surface area contributed by atoms with Crippen molar-refractivity contribution in [1.29, 1.82) is 0 Å². The summed E-state index contributed by atoms with van der Waals surface area (Å²) >= 11 is 0. The van der Waals surface area contributed by atoms with Crippen LogP contribution in [0.2, 0.25) is 0 Å². The maximum absolute atomic E-state index is 13.0. The summed E-state index contributed by atoms with van der Waals surface area (Å²) in [5.74, 6) is -3.11. The number of esters is 3. The van der Waals surface area contributed by atoms with Crippen molar-refractivity contribution in [3.8, 4) is 0 Å². The predicted octanol–water partition coefficient (Wildman–Crippen LogP) is 11.0. The molecule has 1 saturated heterocycles. The van der Waals surface area contributed by atoms with Gasteiger partial charge in [0, 0.05) is 19.3 Å². The number of ether oxygens (including phenoxy) is 5. The van der Waals surface area contributed by atoms with Gasteiger partial charge in [0.05, 0.1) is 6.61 Å². The van der Waals surface area contributed by atoms with Crippen LogP contribution < -0.4 is 0 Å². The summed E-state index contributed by atoms with van der Waals surface area (Å²) in [6.07, 6.45) is 26.5. The van der Waals surface area contributed by atoms with Crippen LogP contribution in [0.5, 0.6) is 0 Å². The molecule has 3 N–H and O–H groups in total. The second-order valence-corrected chi connectivity index (χ2v) is 17.1. The lowest BCUT2D eigenvalue weighted by molar-refractivity contribution is -0.301. The van der Waals surface area contributed by atoms with Crippen molar-refractivity contribution < 1.29 is 58.2 Å². The number of carboxylic acid groups (broad SMARTS) is 1. The molecule has 0 spiro atoms. The Labute approximate surface area is 369 Å². The van der Waals surface area contributed by atoms with Crippen molar-refractivity contribution in [1.82, 2.24) is 0 Å². The van der Waals surface area contributed by atoms with Crippen molar-refractivity contribution in [2.75, 3.05) is 13.2 Å². The van der Waals surface area contributed by atoms with Gasteiger partial charge in [-0.2, -0.15) is 0 Å². The highest BCUT2D eigenvalue weighted by molar-refractivity contribution is 5.74. The second kappa shape index (κ2) is 39.1. The van der Waals surface area contributed by atoms with Crippen LogP contribution in [0.25, 0.3) is 0 Å². The SMILES string of the molecule is CCCC/C=C\CCCCCCCC(=O)OC1C(OCC(COC(=O)CCCCCCCCCCCCC)OC(=O)CCCCCCCCCCC)OC(C(=O)O)C(O)C1O. The van der Waals surface area contributed by atoms with Crippen molar-refractivity contribution in [2.45, 2.75) is 263 Å². The van der Waals surface area contributed by atoms with Gasteiger partial charge in [-0.25, -0.2) is 4.79 Å². The molecule has 0 saturated carbocycles. The van der Waals surface area contributed by atoms with Gasteiger partial charge in [-0.05, 0) is 38.5 Å². The van der Waals surface area contributed by atoms with E-state index in [-0.39, 0.29) is 25.9 Å². The third-order valence-corrected chi connectivity index (χ3v) is 11.3. The van der Waals surface area contributed by atoms with Gasteiger partial charge in [0.2, 0.25) is 0 Å². The monoisotopic (exact) mass is 869 g/mol. The topological polar surface area (TPSA) is 175 Å². The molecular formula is C49H88O12. The molecule has 0 bridgehead atoms. The number of allylic oxidation sites excluding steroid dienone is 2. The number of aliphatic carboxylic acids is 1. The van der Waals surface area contributed by atoms with E-state index in [0.717, 1.165) is 77.0 Å². The Balaban J connectivity index is 2.75. The molecule has 12 heteroatoms.